The predicted octanol–water partition coefficient (Wildman–Crippen LogP) is 2.33. The van der Waals surface area contributed by atoms with Crippen LogP contribution in [-0.2, 0) is 10.5 Å². The Labute approximate surface area is 145 Å². The van der Waals surface area contributed by atoms with E-state index < -0.39 is 5.79 Å². The van der Waals surface area contributed by atoms with Gasteiger partial charge in [0, 0.05) is 19.0 Å². The number of rotatable bonds is 6. The van der Waals surface area contributed by atoms with Gasteiger partial charge in [-0.3, -0.25) is 14.8 Å². The molecular weight excluding hydrogens is 318 g/mol. The summed E-state index contributed by atoms with van der Waals surface area (Å²) < 4.78 is 5.55. The first-order chi connectivity index (χ1) is 12.1. The molecule has 0 spiro atoms. The molecule has 0 aromatic carbocycles. The summed E-state index contributed by atoms with van der Waals surface area (Å²) in [5, 5.41) is 11.1. The zero-order valence-corrected chi connectivity index (χ0v) is 13.7. The van der Waals surface area contributed by atoms with E-state index in [-0.39, 0.29) is 29.5 Å². The molecule has 0 aliphatic rings. The van der Waals surface area contributed by atoms with E-state index in [9.17, 15) is 9.90 Å². The van der Waals surface area contributed by atoms with Gasteiger partial charge in [0.2, 0.25) is 5.78 Å². The summed E-state index contributed by atoms with van der Waals surface area (Å²) in [6.45, 7) is 2.00. The molecule has 6 heteroatoms. The van der Waals surface area contributed by atoms with Crippen LogP contribution in [0.15, 0.2) is 67.0 Å². The number of carbonyl (C=O) groups is 1. The molecule has 0 saturated heterocycles. The fourth-order valence-corrected chi connectivity index (χ4v) is 2.43. The van der Waals surface area contributed by atoms with Gasteiger partial charge in [0.25, 0.3) is 5.79 Å². The fraction of sp³-hybridized carbons (Fsp3) is 0.158. The third-order valence-electron chi connectivity index (χ3n) is 3.59. The van der Waals surface area contributed by atoms with Gasteiger partial charge in [0.05, 0.1) is 0 Å². The third-order valence-corrected chi connectivity index (χ3v) is 3.59. The molecule has 0 amide bonds. The van der Waals surface area contributed by atoms with Crippen molar-refractivity contribution < 1.29 is 14.6 Å². The van der Waals surface area contributed by atoms with E-state index in [1.165, 1.54) is 0 Å². The van der Waals surface area contributed by atoms with Crippen molar-refractivity contribution in [3.8, 4) is 0 Å². The van der Waals surface area contributed by atoms with Crippen LogP contribution in [0.5, 0.6) is 0 Å². The van der Waals surface area contributed by atoms with Gasteiger partial charge < -0.3 is 9.84 Å². The summed E-state index contributed by atoms with van der Waals surface area (Å²) in [5.41, 5.74) is 0.941. The Balaban J connectivity index is 2.03. The van der Waals surface area contributed by atoms with E-state index >= 15 is 0 Å². The summed E-state index contributed by atoms with van der Waals surface area (Å²) in [4.78, 5) is 25.1. The SMILES string of the molecule is CCOC(O)(c1ccccn1)c1cccc(C(=O)c2ccccn2)n1. The van der Waals surface area contributed by atoms with Gasteiger partial charge >= 0.3 is 0 Å². The van der Waals surface area contributed by atoms with Crippen molar-refractivity contribution in [1.29, 1.82) is 0 Å². The van der Waals surface area contributed by atoms with Crippen molar-refractivity contribution in [3.05, 3.63) is 89.8 Å². The molecule has 3 rings (SSSR count). The van der Waals surface area contributed by atoms with Gasteiger partial charge in [-0.1, -0.05) is 18.2 Å². The van der Waals surface area contributed by atoms with Gasteiger partial charge in [-0.2, -0.15) is 0 Å². The number of carbonyl (C=O) groups excluding carboxylic acids is 1. The molecule has 1 atom stereocenters. The Morgan fingerprint density at radius 3 is 2.28 bits per heavy atom. The molecule has 1 N–H and O–H groups in total. The van der Waals surface area contributed by atoms with Crippen LogP contribution in [0.1, 0.15) is 34.5 Å². The van der Waals surface area contributed by atoms with E-state index in [1.54, 1.807) is 73.9 Å². The van der Waals surface area contributed by atoms with Crippen molar-refractivity contribution in [1.82, 2.24) is 15.0 Å². The number of ketones is 1. The summed E-state index contributed by atoms with van der Waals surface area (Å²) in [7, 11) is 0. The number of ether oxygens (including phenoxy) is 1. The standard InChI is InChI=1S/C19H17N3O3/c1-2-25-19(24,16-10-4-6-13-21-16)17-11-7-9-15(22-17)18(23)14-8-3-5-12-20-14/h3-13,24H,2H2,1H3. The van der Waals surface area contributed by atoms with E-state index in [4.69, 9.17) is 4.74 Å². The molecule has 3 heterocycles. The average Bonchev–Trinajstić information content (AvgIpc) is 2.69. The van der Waals surface area contributed by atoms with E-state index in [0.29, 0.717) is 5.69 Å². The first-order valence-electron chi connectivity index (χ1n) is 7.86. The zero-order chi connectivity index (χ0) is 17.7. The maximum Gasteiger partial charge on any atom is 0.254 e. The highest BCUT2D eigenvalue weighted by molar-refractivity contribution is 6.06. The first kappa shape index (κ1) is 16.9. The molecule has 0 aliphatic heterocycles. The second-order valence-electron chi connectivity index (χ2n) is 5.24. The number of nitrogens with zero attached hydrogens (tertiary/aromatic N) is 3. The molecular formula is C19H17N3O3. The maximum absolute atomic E-state index is 12.6. The zero-order valence-electron chi connectivity index (χ0n) is 13.7. The topological polar surface area (TPSA) is 85.2 Å². The van der Waals surface area contributed by atoms with Crippen molar-refractivity contribution in [2.45, 2.75) is 12.7 Å². The Morgan fingerprint density at radius 2 is 1.64 bits per heavy atom. The van der Waals surface area contributed by atoms with Crippen molar-refractivity contribution in [2.75, 3.05) is 6.61 Å². The van der Waals surface area contributed by atoms with Crippen LogP contribution in [0.3, 0.4) is 0 Å². The second-order valence-corrected chi connectivity index (χ2v) is 5.24. The van der Waals surface area contributed by atoms with Crippen LogP contribution in [-0.4, -0.2) is 32.4 Å². The van der Waals surface area contributed by atoms with Crippen molar-refractivity contribution in [3.63, 3.8) is 0 Å². The molecule has 0 aliphatic carbocycles. The predicted molar refractivity (Wildman–Crippen MR) is 90.8 cm³/mol. The number of aliphatic hydroxyl groups is 1. The lowest BCUT2D eigenvalue weighted by Crippen LogP contribution is -2.33. The lowest BCUT2D eigenvalue weighted by atomic mass is 10.1. The quantitative estimate of drug-likeness (QED) is 0.550. The van der Waals surface area contributed by atoms with Crippen molar-refractivity contribution in [2.24, 2.45) is 0 Å². The Bertz CT molecular complexity index is 856. The fourth-order valence-electron chi connectivity index (χ4n) is 2.43. The van der Waals surface area contributed by atoms with Gasteiger partial charge in [0.15, 0.2) is 0 Å². The number of aromatic nitrogens is 3. The van der Waals surface area contributed by atoms with Gasteiger partial charge in [0.1, 0.15) is 22.8 Å². The van der Waals surface area contributed by atoms with Crippen molar-refractivity contribution >= 4 is 5.78 Å². The molecule has 126 valence electrons. The summed E-state index contributed by atoms with van der Waals surface area (Å²) in [5.74, 6) is -2.17. The lowest BCUT2D eigenvalue weighted by molar-refractivity contribution is -0.182. The van der Waals surface area contributed by atoms with Crippen LogP contribution in [0, 0.1) is 0 Å². The lowest BCUT2D eigenvalue weighted by Gasteiger charge is -2.26. The normalized spacial score (nSPS) is 13.2. The van der Waals surface area contributed by atoms with Gasteiger partial charge in [-0.05, 0) is 43.3 Å². The highest BCUT2D eigenvalue weighted by atomic mass is 16.6. The third kappa shape index (κ3) is 3.45. The van der Waals surface area contributed by atoms with E-state index in [1.807, 2.05) is 0 Å². The molecule has 25 heavy (non-hydrogen) atoms. The molecule has 3 aromatic heterocycles. The minimum absolute atomic E-state index is 0.172. The Kier molecular flexibility index (Phi) is 4.92. The second kappa shape index (κ2) is 7.29. The first-order valence-corrected chi connectivity index (χ1v) is 7.86. The van der Waals surface area contributed by atoms with E-state index in [0.717, 1.165) is 0 Å². The summed E-state index contributed by atoms with van der Waals surface area (Å²) in [6.07, 6.45) is 3.10. The Morgan fingerprint density at radius 1 is 0.960 bits per heavy atom. The smallest absolute Gasteiger partial charge is 0.254 e. The van der Waals surface area contributed by atoms with Gasteiger partial charge in [-0.15, -0.1) is 0 Å². The number of pyridine rings is 3. The van der Waals surface area contributed by atoms with Crippen LogP contribution in [0.25, 0.3) is 0 Å². The Hall–Kier alpha value is -2.96. The van der Waals surface area contributed by atoms with Crippen LogP contribution in [0.2, 0.25) is 0 Å². The van der Waals surface area contributed by atoms with Crippen LogP contribution < -0.4 is 0 Å². The molecule has 0 saturated carbocycles. The summed E-state index contributed by atoms with van der Waals surface area (Å²) >= 11 is 0. The van der Waals surface area contributed by atoms with Gasteiger partial charge in [-0.25, -0.2) is 4.98 Å². The van der Waals surface area contributed by atoms with Crippen LogP contribution >= 0.6 is 0 Å². The average molecular weight is 335 g/mol. The minimum Gasteiger partial charge on any atom is -0.356 e. The molecule has 0 bridgehead atoms. The minimum atomic E-state index is -1.84. The summed E-state index contributed by atoms with van der Waals surface area (Å²) in [6, 6.07) is 15.0. The van der Waals surface area contributed by atoms with Crippen LogP contribution in [0.4, 0.5) is 0 Å². The largest absolute Gasteiger partial charge is 0.356 e. The molecule has 6 nitrogen and oxygen atoms in total. The maximum atomic E-state index is 12.6. The molecule has 0 fully saturated rings. The monoisotopic (exact) mass is 335 g/mol. The number of hydrogen-bond donors (Lipinski definition) is 1. The molecule has 1 unspecified atom stereocenters. The number of hydrogen-bond acceptors (Lipinski definition) is 6. The molecule has 3 aromatic rings. The molecule has 0 radical (unpaired) electrons. The van der Waals surface area contributed by atoms with E-state index in [2.05, 4.69) is 15.0 Å². The highest BCUT2D eigenvalue weighted by Crippen LogP contribution is 2.28. The highest BCUT2D eigenvalue weighted by Gasteiger charge is 2.36.